The molecule has 1 atom stereocenters. The van der Waals surface area contributed by atoms with Gasteiger partial charge in [0, 0.05) is 6.54 Å². The first-order valence-corrected chi connectivity index (χ1v) is 6.77. The van der Waals surface area contributed by atoms with Crippen LogP contribution in [0, 0.1) is 5.92 Å². The number of hydrogen-bond donors (Lipinski definition) is 1. The van der Waals surface area contributed by atoms with Crippen LogP contribution in [0.5, 0.6) is 5.88 Å². The second-order valence-corrected chi connectivity index (χ2v) is 5.63. The molecule has 0 amide bonds. The molecule has 0 fully saturated rings. The minimum atomic E-state index is 0.0938. The first-order chi connectivity index (χ1) is 8.47. The van der Waals surface area contributed by atoms with E-state index in [0.717, 1.165) is 6.42 Å². The van der Waals surface area contributed by atoms with Crippen LogP contribution >= 0.6 is 11.6 Å². The molecule has 1 aromatic rings. The van der Waals surface area contributed by atoms with Crippen LogP contribution in [0.4, 0.5) is 5.82 Å². The second-order valence-electron chi connectivity index (χ2n) is 5.02. The zero-order valence-electron chi connectivity index (χ0n) is 11.5. The molecule has 0 saturated heterocycles. The molecular weight excluding hydrogens is 250 g/mol. The number of alkyl halides is 1. The van der Waals surface area contributed by atoms with E-state index in [0.29, 0.717) is 24.2 Å². The lowest BCUT2D eigenvalue weighted by atomic mass is 10.1. The molecule has 1 unspecified atom stereocenters. The van der Waals surface area contributed by atoms with E-state index < -0.39 is 0 Å². The first kappa shape index (κ1) is 15.0. The van der Waals surface area contributed by atoms with Crippen LogP contribution in [0.25, 0.3) is 0 Å². The average molecular weight is 272 g/mol. The highest BCUT2D eigenvalue weighted by Gasteiger charge is 2.08. The Morgan fingerprint density at radius 3 is 2.61 bits per heavy atom. The number of ether oxygens (including phenoxy) is 1. The van der Waals surface area contributed by atoms with Gasteiger partial charge in [-0.1, -0.05) is 13.8 Å². The maximum Gasteiger partial charge on any atom is 0.234 e. The highest BCUT2D eigenvalue weighted by Crippen LogP contribution is 2.14. The van der Waals surface area contributed by atoms with Crippen LogP contribution in [0.3, 0.4) is 0 Å². The van der Waals surface area contributed by atoms with Crippen molar-refractivity contribution in [3.05, 3.63) is 12.4 Å². The lowest BCUT2D eigenvalue weighted by molar-refractivity contribution is 0.232. The smallest absolute Gasteiger partial charge is 0.234 e. The van der Waals surface area contributed by atoms with Gasteiger partial charge in [0.1, 0.15) is 5.82 Å². The largest absolute Gasteiger partial charge is 0.474 e. The van der Waals surface area contributed by atoms with Gasteiger partial charge in [0.2, 0.25) is 5.88 Å². The van der Waals surface area contributed by atoms with E-state index in [9.17, 15) is 0 Å². The summed E-state index contributed by atoms with van der Waals surface area (Å²) < 4.78 is 5.48. The van der Waals surface area contributed by atoms with Crippen molar-refractivity contribution in [2.75, 3.05) is 11.9 Å². The highest BCUT2D eigenvalue weighted by atomic mass is 35.5. The summed E-state index contributed by atoms with van der Waals surface area (Å²) in [6.45, 7) is 8.91. The van der Waals surface area contributed by atoms with Gasteiger partial charge in [-0.05, 0) is 26.2 Å². The second kappa shape index (κ2) is 7.41. The van der Waals surface area contributed by atoms with Crippen molar-refractivity contribution in [1.82, 2.24) is 9.97 Å². The monoisotopic (exact) mass is 271 g/mol. The molecule has 1 aromatic heterocycles. The van der Waals surface area contributed by atoms with Gasteiger partial charge in [-0.2, -0.15) is 4.98 Å². The van der Waals surface area contributed by atoms with Crippen LogP contribution in [0.2, 0.25) is 0 Å². The lowest BCUT2D eigenvalue weighted by Gasteiger charge is -2.14. The third kappa shape index (κ3) is 6.05. The first-order valence-electron chi connectivity index (χ1n) is 6.34. The molecule has 1 N–H and O–H groups in total. The number of rotatable bonds is 7. The Kier molecular flexibility index (Phi) is 6.19. The van der Waals surface area contributed by atoms with Crippen molar-refractivity contribution in [3.63, 3.8) is 0 Å². The van der Waals surface area contributed by atoms with Crippen molar-refractivity contribution < 1.29 is 4.74 Å². The van der Waals surface area contributed by atoms with Crippen molar-refractivity contribution in [3.8, 4) is 5.88 Å². The summed E-state index contributed by atoms with van der Waals surface area (Å²) in [5.41, 5.74) is 0. The number of aromatic nitrogens is 2. The van der Waals surface area contributed by atoms with Crippen molar-refractivity contribution in [2.45, 2.75) is 45.6 Å². The molecular formula is C13H22ClN3O. The van der Waals surface area contributed by atoms with E-state index in [4.69, 9.17) is 16.3 Å². The maximum absolute atomic E-state index is 6.21. The van der Waals surface area contributed by atoms with Gasteiger partial charge < -0.3 is 10.1 Å². The van der Waals surface area contributed by atoms with Crippen LogP contribution in [-0.4, -0.2) is 28.0 Å². The van der Waals surface area contributed by atoms with Gasteiger partial charge in [-0.15, -0.1) is 11.6 Å². The zero-order valence-corrected chi connectivity index (χ0v) is 12.2. The molecule has 0 aliphatic heterocycles. The highest BCUT2D eigenvalue weighted by molar-refractivity contribution is 6.20. The molecule has 102 valence electrons. The van der Waals surface area contributed by atoms with E-state index in [2.05, 4.69) is 29.1 Å². The number of nitrogens with zero attached hydrogens (tertiary/aromatic N) is 2. The van der Waals surface area contributed by atoms with Gasteiger partial charge in [0.05, 0.1) is 23.9 Å². The predicted molar refractivity (Wildman–Crippen MR) is 75.4 cm³/mol. The third-order valence-electron chi connectivity index (χ3n) is 2.20. The molecule has 0 radical (unpaired) electrons. The summed E-state index contributed by atoms with van der Waals surface area (Å²) in [7, 11) is 0. The van der Waals surface area contributed by atoms with Gasteiger partial charge in [-0.25, -0.2) is 0 Å². The van der Waals surface area contributed by atoms with Crippen LogP contribution in [0.15, 0.2) is 12.4 Å². The molecule has 5 heteroatoms. The minimum Gasteiger partial charge on any atom is -0.474 e. The molecule has 4 nitrogen and oxygen atoms in total. The molecule has 0 saturated carbocycles. The SMILES string of the molecule is CC(C)CC(Cl)CNc1cncc(OC(C)C)n1. The topological polar surface area (TPSA) is 47.0 Å². The Morgan fingerprint density at radius 1 is 1.28 bits per heavy atom. The van der Waals surface area contributed by atoms with Crippen molar-refractivity contribution in [2.24, 2.45) is 5.92 Å². The molecule has 1 heterocycles. The van der Waals surface area contributed by atoms with E-state index in [-0.39, 0.29) is 11.5 Å². The summed E-state index contributed by atoms with van der Waals surface area (Å²) in [6.07, 6.45) is 4.35. The number of halogens is 1. The van der Waals surface area contributed by atoms with E-state index in [1.54, 1.807) is 12.4 Å². The quantitative estimate of drug-likeness (QED) is 0.773. The zero-order chi connectivity index (χ0) is 13.5. The molecule has 18 heavy (non-hydrogen) atoms. The number of nitrogens with one attached hydrogen (secondary N) is 1. The van der Waals surface area contributed by atoms with Crippen molar-refractivity contribution >= 4 is 17.4 Å². The molecule has 0 aromatic carbocycles. The van der Waals surface area contributed by atoms with E-state index in [1.165, 1.54) is 0 Å². The molecule has 0 aliphatic carbocycles. The fourth-order valence-electron chi connectivity index (χ4n) is 1.54. The van der Waals surface area contributed by atoms with Gasteiger partial charge in [-0.3, -0.25) is 4.98 Å². The molecule has 0 bridgehead atoms. The predicted octanol–water partition coefficient (Wildman–Crippen LogP) is 3.33. The number of anilines is 1. The average Bonchev–Trinajstić information content (AvgIpc) is 2.25. The Balaban J connectivity index is 2.47. The van der Waals surface area contributed by atoms with Gasteiger partial charge >= 0.3 is 0 Å². The Hall–Kier alpha value is -1.03. The fourth-order valence-corrected chi connectivity index (χ4v) is 1.98. The van der Waals surface area contributed by atoms with Crippen LogP contribution in [-0.2, 0) is 0 Å². The molecule has 0 aliphatic rings. The van der Waals surface area contributed by atoms with Gasteiger partial charge in [0.15, 0.2) is 0 Å². The van der Waals surface area contributed by atoms with Crippen LogP contribution in [0.1, 0.15) is 34.1 Å². The summed E-state index contributed by atoms with van der Waals surface area (Å²) in [5.74, 6) is 1.82. The Morgan fingerprint density at radius 2 is 2.00 bits per heavy atom. The van der Waals surface area contributed by atoms with E-state index >= 15 is 0 Å². The number of hydrogen-bond acceptors (Lipinski definition) is 4. The summed E-state index contributed by atoms with van der Waals surface area (Å²) >= 11 is 6.21. The summed E-state index contributed by atoms with van der Waals surface area (Å²) in [6, 6.07) is 0. The minimum absolute atomic E-state index is 0.0938. The normalized spacial score (nSPS) is 12.8. The Labute approximate surface area is 114 Å². The summed E-state index contributed by atoms with van der Waals surface area (Å²) in [5, 5.41) is 3.28. The molecule has 0 spiro atoms. The van der Waals surface area contributed by atoms with Gasteiger partial charge in [0.25, 0.3) is 0 Å². The maximum atomic E-state index is 6.21. The van der Waals surface area contributed by atoms with Crippen molar-refractivity contribution in [1.29, 1.82) is 0 Å². The lowest BCUT2D eigenvalue weighted by Crippen LogP contribution is -2.17. The standard InChI is InChI=1S/C13H22ClN3O/c1-9(2)5-11(14)6-16-12-7-15-8-13(17-12)18-10(3)4/h7-11H,5-6H2,1-4H3,(H,16,17). The Bertz CT molecular complexity index is 358. The fraction of sp³-hybridized carbons (Fsp3) is 0.692. The third-order valence-corrected chi connectivity index (χ3v) is 2.53. The van der Waals surface area contributed by atoms with Crippen LogP contribution < -0.4 is 10.1 Å². The molecule has 1 rings (SSSR count). The summed E-state index contributed by atoms with van der Waals surface area (Å²) in [4.78, 5) is 8.39. The van der Waals surface area contributed by atoms with E-state index in [1.807, 2.05) is 13.8 Å².